The first-order chi connectivity index (χ1) is 13.2. The molecule has 0 N–H and O–H groups in total. The fourth-order valence-corrected chi connectivity index (χ4v) is 3.48. The van der Waals surface area contributed by atoms with Gasteiger partial charge in [-0.25, -0.2) is 4.98 Å². The molecule has 3 aromatic heterocycles. The molecule has 0 saturated heterocycles. The average molecular weight is 354 g/mol. The molecule has 0 bridgehead atoms. The van der Waals surface area contributed by atoms with Crippen LogP contribution in [-0.2, 0) is 6.61 Å². The molecule has 0 spiro atoms. The van der Waals surface area contributed by atoms with Crippen molar-refractivity contribution in [3.05, 3.63) is 77.9 Å². The van der Waals surface area contributed by atoms with Crippen LogP contribution in [-0.4, -0.2) is 19.4 Å². The third-order valence-electron chi connectivity index (χ3n) is 4.96. The van der Waals surface area contributed by atoms with Crippen LogP contribution in [0.2, 0.25) is 0 Å². The highest BCUT2D eigenvalue weighted by Crippen LogP contribution is 2.23. The van der Waals surface area contributed by atoms with Crippen molar-refractivity contribution < 1.29 is 4.74 Å². The number of nitrogens with zero attached hydrogens (tertiary/aromatic N) is 4. The van der Waals surface area contributed by atoms with Crippen LogP contribution in [0.1, 0.15) is 17.1 Å². The van der Waals surface area contributed by atoms with Gasteiger partial charge in [-0.1, -0.05) is 42.5 Å². The molecule has 5 heteroatoms. The Morgan fingerprint density at radius 2 is 1.63 bits per heavy atom. The van der Waals surface area contributed by atoms with E-state index in [4.69, 9.17) is 9.72 Å². The predicted molar refractivity (Wildman–Crippen MR) is 106 cm³/mol. The number of imidazole rings is 1. The van der Waals surface area contributed by atoms with Gasteiger partial charge in [0.2, 0.25) is 0 Å². The van der Waals surface area contributed by atoms with Gasteiger partial charge in [0.1, 0.15) is 12.3 Å². The molecule has 5 rings (SSSR count). The van der Waals surface area contributed by atoms with Gasteiger partial charge in [-0.05, 0) is 31.4 Å². The highest BCUT2D eigenvalue weighted by Gasteiger charge is 2.12. The smallest absolute Gasteiger partial charge is 0.317 e. The normalized spacial score (nSPS) is 11.5. The SMILES string of the molecule is Cc1nc(OCc2nc3c4ccccc4ccn3c2C)nc2ccccc12. The molecule has 0 atom stereocenters. The maximum Gasteiger partial charge on any atom is 0.317 e. The van der Waals surface area contributed by atoms with Crippen LogP contribution in [0.25, 0.3) is 27.3 Å². The summed E-state index contributed by atoms with van der Waals surface area (Å²) >= 11 is 0. The summed E-state index contributed by atoms with van der Waals surface area (Å²) in [6.07, 6.45) is 2.06. The van der Waals surface area contributed by atoms with Crippen molar-refractivity contribution in [2.75, 3.05) is 0 Å². The summed E-state index contributed by atoms with van der Waals surface area (Å²) in [5.41, 5.74) is 4.69. The molecule has 0 aliphatic heterocycles. The van der Waals surface area contributed by atoms with Crippen molar-refractivity contribution in [1.82, 2.24) is 19.4 Å². The van der Waals surface area contributed by atoms with E-state index < -0.39 is 0 Å². The zero-order valence-electron chi connectivity index (χ0n) is 15.2. The van der Waals surface area contributed by atoms with E-state index in [-0.39, 0.29) is 0 Å². The summed E-state index contributed by atoms with van der Waals surface area (Å²) in [4.78, 5) is 13.8. The molecule has 132 valence electrons. The van der Waals surface area contributed by atoms with Crippen molar-refractivity contribution >= 4 is 27.3 Å². The molecule has 5 aromatic rings. The molecule has 2 aromatic carbocycles. The lowest BCUT2D eigenvalue weighted by molar-refractivity contribution is 0.277. The summed E-state index contributed by atoms with van der Waals surface area (Å²) in [6.45, 7) is 4.36. The fraction of sp³-hybridized carbons (Fsp3) is 0.136. The molecule has 0 fully saturated rings. The average Bonchev–Trinajstić information content (AvgIpc) is 3.03. The Kier molecular flexibility index (Phi) is 3.53. The second kappa shape index (κ2) is 6.06. The van der Waals surface area contributed by atoms with E-state index in [9.17, 15) is 0 Å². The quantitative estimate of drug-likeness (QED) is 0.474. The third-order valence-corrected chi connectivity index (χ3v) is 4.96. The zero-order valence-corrected chi connectivity index (χ0v) is 15.2. The second-order valence-corrected chi connectivity index (χ2v) is 6.64. The van der Waals surface area contributed by atoms with E-state index in [0.717, 1.165) is 39.0 Å². The zero-order chi connectivity index (χ0) is 18.4. The van der Waals surface area contributed by atoms with E-state index in [1.165, 1.54) is 5.39 Å². The Balaban J connectivity index is 1.52. The molecular weight excluding hydrogens is 336 g/mol. The Morgan fingerprint density at radius 3 is 2.52 bits per heavy atom. The van der Waals surface area contributed by atoms with Crippen LogP contribution >= 0.6 is 0 Å². The van der Waals surface area contributed by atoms with Gasteiger partial charge in [0.15, 0.2) is 0 Å². The van der Waals surface area contributed by atoms with Crippen LogP contribution in [0.3, 0.4) is 0 Å². The number of benzene rings is 2. The molecule has 3 heterocycles. The minimum Gasteiger partial charge on any atom is -0.457 e. The monoisotopic (exact) mass is 354 g/mol. The molecule has 0 radical (unpaired) electrons. The number of aryl methyl sites for hydroxylation is 2. The molecule has 0 saturated carbocycles. The summed E-state index contributed by atoms with van der Waals surface area (Å²) in [7, 11) is 0. The Bertz CT molecular complexity index is 1310. The van der Waals surface area contributed by atoms with Gasteiger partial charge in [-0.15, -0.1) is 0 Å². The predicted octanol–water partition coefficient (Wildman–Crippen LogP) is 4.63. The number of rotatable bonds is 3. The van der Waals surface area contributed by atoms with Crippen molar-refractivity contribution in [3.8, 4) is 6.01 Å². The largest absolute Gasteiger partial charge is 0.457 e. The summed E-state index contributed by atoms with van der Waals surface area (Å²) in [5, 5.41) is 3.35. The standard InChI is InChI=1S/C22H18N4O/c1-14-17-8-5-6-10-19(17)25-22(23-14)27-13-20-15(2)26-12-11-16-7-3-4-9-18(16)21(26)24-20/h3-12H,13H2,1-2H3. The molecule has 5 nitrogen and oxygen atoms in total. The van der Waals surface area contributed by atoms with Gasteiger partial charge in [-0.2, -0.15) is 9.97 Å². The van der Waals surface area contributed by atoms with Crippen LogP contribution in [0.4, 0.5) is 0 Å². The maximum absolute atomic E-state index is 5.91. The van der Waals surface area contributed by atoms with Crippen molar-refractivity contribution in [3.63, 3.8) is 0 Å². The van der Waals surface area contributed by atoms with E-state index >= 15 is 0 Å². The number of hydrogen-bond donors (Lipinski definition) is 0. The third kappa shape index (κ3) is 2.59. The highest BCUT2D eigenvalue weighted by atomic mass is 16.5. The molecule has 0 aliphatic rings. The first-order valence-corrected chi connectivity index (χ1v) is 8.92. The Hall–Kier alpha value is -3.47. The van der Waals surface area contributed by atoms with Crippen LogP contribution in [0.15, 0.2) is 60.8 Å². The minimum absolute atomic E-state index is 0.333. The number of para-hydroxylation sites is 1. The molecular formula is C22H18N4O. The molecule has 0 unspecified atom stereocenters. The molecule has 27 heavy (non-hydrogen) atoms. The van der Waals surface area contributed by atoms with Crippen LogP contribution in [0, 0.1) is 13.8 Å². The van der Waals surface area contributed by atoms with E-state index in [2.05, 4.69) is 45.7 Å². The number of ether oxygens (including phenoxy) is 1. The number of aromatic nitrogens is 4. The number of hydrogen-bond acceptors (Lipinski definition) is 4. The van der Waals surface area contributed by atoms with Gasteiger partial charge < -0.3 is 9.14 Å². The van der Waals surface area contributed by atoms with E-state index in [0.29, 0.717) is 12.6 Å². The number of pyridine rings is 1. The lowest BCUT2D eigenvalue weighted by Crippen LogP contribution is -2.03. The Morgan fingerprint density at radius 1 is 0.852 bits per heavy atom. The van der Waals surface area contributed by atoms with Crippen LogP contribution in [0.5, 0.6) is 6.01 Å². The first kappa shape index (κ1) is 15.8. The highest BCUT2D eigenvalue weighted by molar-refractivity contribution is 5.94. The topological polar surface area (TPSA) is 52.3 Å². The van der Waals surface area contributed by atoms with Gasteiger partial charge in [-0.3, -0.25) is 0 Å². The summed E-state index contributed by atoms with van der Waals surface area (Å²) in [5.74, 6) is 0. The number of fused-ring (bicyclic) bond motifs is 4. The summed E-state index contributed by atoms with van der Waals surface area (Å²) < 4.78 is 8.01. The molecule has 0 aliphatic carbocycles. The van der Waals surface area contributed by atoms with Gasteiger partial charge in [0.05, 0.1) is 16.9 Å². The summed E-state index contributed by atoms with van der Waals surface area (Å²) in [6, 6.07) is 18.7. The van der Waals surface area contributed by atoms with E-state index in [1.54, 1.807) is 0 Å². The lowest BCUT2D eigenvalue weighted by Gasteiger charge is -2.06. The van der Waals surface area contributed by atoms with Crippen molar-refractivity contribution in [1.29, 1.82) is 0 Å². The van der Waals surface area contributed by atoms with Crippen molar-refractivity contribution in [2.24, 2.45) is 0 Å². The van der Waals surface area contributed by atoms with E-state index in [1.807, 2.05) is 43.3 Å². The van der Waals surface area contributed by atoms with Crippen LogP contribution < -0.4 is 4.74 Å². The lowest BCUT2D eigenvalue weighted by atomic mass is 10.2. The maximum atomic E-state index is 5.91. The van der Waals surface area contributed by atoms with Gasteiger partial charge >= 0.3 is 6.01 Å². The fourth-order valence-electron chi connectivity index (χ4n) is 3.48. The van der Waals surface area contributed by atoms with Crippen molar-refractivity contribution in [2.45, 2.75) is 20.5 Å². The van der Waals surface area contributed by atoms with Gasteiger partial charge in [0, 0.05) is 22.7 Å². The second-order valence-electron chi connectivity index (χ2n) is 6.64. The minimum atomic E-state index is 0.333. The Labute approximate surface area is 156 Å². The first-order valence-electron chi connectivity index (χ1n) is 8.92. The van der Waals surface area contributed by atoms with Gasteiger partial charge in [0.25, 0.3) is 0 Å². The molecule has 0 amide bonds.